The molecule has 0 aliphatic rings. The molecule has 39 heavy (non-hydrogen) atoms. The van der Waals surface area contributed by atoms with Gasteiger partial charge in [-0.1, -0.05) is 0 Å². The van der Waals surface area contributed by atoms with E-state index >= 15 is 0 Å². The Hall–Kier alpha value is -0.600. The van der Waals surface area contributed by atoms with Crippen molar-refractivity contribution in [3.8, 4) is 5.40 Å². The number of nitriles is 1. The molecule has 0 radical (unpaired) electrons. The van der Waals surface area contributed by atoms with Gasteiger partial charge < -0.3 is 0 Å². The predicted molar refractivity (Wildman–Crippen MR) is 100 cm³/mol. The predicted octanol–water partition coefficient (Wildman–Crippen LogP) is 8.85. The van der Waals surface area contributed by atoms with Crippen molar-refractivity contribution in [2.45, 2.75) is 60.7 Å². The van der Waals surface area contributed by atoms with Gasteiger partial charge in [0.2, 0.25) is 9.05 Å². The molecule has 26 heteroatoms. The lowest BCUT2D eigenvalue weighted by Crippen LogP contribution is -2.61. The molecule has 0 N–H and O–H groups in total. The van der Waals surface area contributed by atoms with E-state index in [9.17, 15) is 87.4 Å². The van der Waals surface area contributed by atoms with Crippen molar-refractivity contribution in [3.63, 3.8) is 0 Å². The second-order valence-corrected chi connectivity index (χ2v) is 10.2. The van der Waals surface area contributed by atoms with Crippen LogP contribution < -0.4 is 0 Å². The van der Waals surface area contributed by atoms with Gasteiger partial charge in [-0.05, 0) is 11.8 Å². The van der Waals surface area contributed by atoms with Crippen molar-refractivity contribution in [1.29, 1.82) is 5.26 Å². The van der Waals surface area contributed by atoms with Crippen molar-refractivity contribution in [2.24, 2.45) is 0 Å². The minimum Gasteiger partial charge on any atom is -0.212 e. The fourth-order valence-corrected chi connectivity index (χ4v) is 2.79. The van der Waals surface area contributed by atoms with Gasteiger partial charge in [0, 0.05) is 51.0 Å². The van der Waals surface area contributed by atoms with Crippen LogP contribution in [0, 0.1) is 10.7 Å². The molecule has 0 saturated carbocycles. The number of hydrogen-bond acceptors (Lipinski definition) is 4. The molecule has 0 aromatic heterocycles. The minimum atomic E-state index is -7.03. The van der Waals surface area contributed by atoms with Gasteiger partial charge in [-0.15, -0.1) is 0 Å². The van der Waals surface area contributed by atoms with Crippen LogP contribution in [0.5, 0.6) is 0 Å². The van der Waals surface area contributed by atoms with Crippen LogP contribution in [0.15, 0.2) is 0 Å². The molecule has 0 spiro atoms. The van der Waals surface area contributed by atoms with E-state index < -0.39 is 81.3 Å². The average Bonchev–Trinajstić information content (AvgIpc) is 2.71. The van der Waals surface area contributed by atoms with Crippen molar-refractivity contribution >= 4 is 53.2 Å². The van der Waals surface area contributed by atoms with E-state index in [0.29, 0.717) is 0 Å². The molecular weight excluding hydrogens is 715 g/mol. The zero-order valence-corrected chi connectivity index (χ0v) is 21.2. The Bertz CT molecular complexity index is 915. The van der Waals surface area contributed by atoms with Crippen molar-refractivity contribution in [3.05, 3.63) is 0 Å². The summed E-state index contributed by atoms with van der Waals surface area (Å²) in [5.74, 6) is -41.7. The second kappa shape index (κ2) is 14.0. The summed E-state index contributed by atoms with van der Waals surface area (Å²) in [5.41, 5.74) is 0. The Morgan fingerprint density at radius 3 is 1.10 bits per heavy atom. The van der Waals surface area contributed by atoms with Gasteiger partial charge in [0.25, 0.3) is 0 Å². The van der Waals surface area contributed by atoms with Gasteiger partial charge in [-0.2, -0.15) is 84.3 Å². The number of rotatable bonds is 10. The van der Waals surface area contributed by atoms with Crippen LogP contribution in [0.2, 0.25) is 0 Å². The Labute approximate surface area is 223 Å². The normalized spacial score (nSPS) is 14.5. The molecule has 3 nitrogen and oxygen atoms in total. The number of nitrogens with zero attached hydrogens (tertiary/aromatic N) is 1. The summed E-state index contributed by atoms with van der Waals surface area (Å²) in [4.78, 5) is 0. The minimum absolute atomic E-state index is 0.0353. The SMILES string of the molecule is ClCl.N#CSCCC(F)(F)C(F)(F)C(F)(F)C(F)(F)F.O=S(=O)(Cl)CCC(F)(F)C(F)(F)C(F)(F)C(F)(F)F. The van der Waals surface area contributed by atoms with E-state index in [1.807, 2.05) is 0 Å². The number of halogens is 21. The van der Waals surface area contributed by atoms with Gasteiger partial charge in [0.1, 0.15) is 5.40 Å². The number of thioether (sulfide) groups is 1. The summed E-state index contributed by atoms with van der Waals surface area (Å²) in [6.45, 7) is 0. The van der Waals surface area contributed by atoms with Gasteiger partial charge in [-0.3, -0.25) is 0 Å². The third-order valence-corrected chi connectivity index (χ3v) is 5.35. The summed E-state index contributed by atoms with van der Waals surface area (Å²) in [5, 5.41) is 9.10. The van der Waals surface area contributed by atoms with E-state index in [-0.39, 0.29) is 11.8 Å². The van der Waals surface area contributed by atoms with E-state index in [1.54, 1.807) is 0 Å². The molecule has 0 saturated heterocycles. The molecule has 0 aliphatic carbocycles. The Morgan fingerprint density at radius 2 is 0.872 bits per heavy atom. The summed E-state index contributed by atoms with van der Waals surface area (Å²) in [7, 11) is 7.83. The van der Waals surface area contributed by atoms with Gasteiger partial charge >= 0.3 is 47.9 Å². The van der Waals surface area contributed by atoms with Crippen LogP contribution in [0.25, 0.3) is 0 Å². The number of thiocyanates is 1. The van der Waals surface area contributed by atoms with Crippen LogP contribution in [0.3, 0.4) is 0 Å². The topological polar surface area (TPSA) is 57.9 Å². The first-order chi connectivity index (χ1) is 16.8. The summed E-state index contributed by atoms with van der Waals surface area (Å²) < 4.78 is 241. The van der Waals surface area contributed by atoms with Crippen LogP contribution in [0.4, 0.5) is 79.0 Å². The maximum absolute atomic E-state index is 12.7. The smallest absolute Gasteiger partial charge is 0.212 e. The molecule has 0 heterocycles. The van der Waals surface area contributed by atoms with Crippen LogP contribution in [0.1, 0.15) is 12.8 Å². The molecule has 0 rings (SSSR count). The first kappa shape index (κ1) is 42.9. The molecule has 0 amide bonds. The van der Waals surface area contributed by atoms with E-state index in [1.165, 1.54) is 5.40 Å². The van der Waals surface area contributed by atoms with E-state index in [2.05, 4.69) is 32.4 Å². The first-order valence-corrected chi connectivity index (χ1v) is 12.9. The van der Waals surface area contributed by atoms with Crippen LogP contribution in [-0.2, 0) is 9.05 Å². The Kier molecular flexibility index (Phi) is 15.4. The molecule has 0 bridgehead atoms. The summed E-state index contributed by atoms with van der Waals surface area (Å²) in [6, 6.07) is 0. The quantitative estimate of drug-likeness (QED) is 0.0979. The lowest BCUT2D eigenvalue weighted by Gasteiger charge is -2.33. The fourth-order valence-electron chi connectivity index (χ4n) is 1.60. The van der Waals surface area contributed by atoms with E-state index in [4.69, 9.17) is 5.26 Å². The molecule has 0 fully saturated rings. The van der Waals surface area contributed by atoms with Crippen molar-refractivity contribution in [1.82, 2.24) is 0 Å². The van der Waals surface area contributed by atoms with Crippen LogP contribution in [-0.4, -0.2) is 67.8 Å². The molecular formula is C13H8Cl3F18NO2S2. The summed E-state index contributed by atoms with van der Waals surface area (Å²) in [6.07, 6.45) is -18.2. The fraction of sp³-hybridized carbons (Fsp3) is 0.923. The Balaban J connectivity index is -0.000000625. The second-order valence-electron chi connectivity index (χ2n) is 6.38. The molecule has 0 aromatic rings. The number of hydrogen-bond donors (Lipinski definition) is 0. The molecule has 236 valence electrons. The first-order valence-electron chi connectivity index (χ1n) is 8.24. The highest BCUT2D eigenvalue weighted by molar-refractivity contribution is 8.13. The molecule has 0 aromatic carbocycles. The largest absolute Gasteiger partial charge is 0.460 e. The highest BCUT2D eigenvalue weighted by atomic mass is 36.5. The lowest BCUT2D eigenvalue weighted by atomic mass is 10.0. The highest BCUT2D eigenvalue weighted by Gasteiger charge is 2.82. The zero-order chi connectivity index (χ0) is 32.7. The maximum Gasteiger partial charge on any atom is 0.460 e. The monoisotopic (exact) mass is 721 g/mol. The summed E-state index contributed by atoms with van der Waals surface area (Å²) >= 11 is 0.0353. The molecule has 0 atom stereocenters. The zero-order valence-electron chi connectivity index (χ0n) is 17.3. The third kappa shape index (κ3) is 10.6. The van der Waals surface area contributed by atoms with Gasteiger partial charge in [0.05, 0.1) is 5.75 Å². The molecule has 0 aliphatic heterocycles. The van der Waals surface area contributed by atoms with Crippen LogP contribution >= 0.6 is 44.2 Å². The average molecular weight is 723 g/mol. The van der Waals surface area contributed by atoms with E-state index in [0.717, 1.165) is 0 Å². The standard InChI is InChI=1S/C7H4F9NS.C6H4ClF9O2S.Cl2/c8-4(9,1-2-18-3-17)5(10,11)6(12,13)7(14,15)16;7-19(17,18)2-1-3(8,9)4(10,11)5(12,13)6(14,15)16;1-2/h1-2H2;1-2H2;. The highest BCUT2D eigenvalue weighted by Crippen LogP contribution is 2.55. The maximum atomic E-state index is 12.7. The van der Waals surface area contributed by atoms with Gasteiger partial charge in [0.15, 0.2) is 0 Å². The third-order valence-electron chi connectivity index (χ3n) is 3.66. The van der Waals surface area contributed by atoms with Gasteiger partial charge in [-0.25, -0.2) is 8.42 Å². The van der Waals surface area contributed by atoms with Crippen molar-refractivity contribution in [2.75, 3.05) is 11.5 Å². The molecule has 0 unspecified atom stereocenters. The Morgan fingerprint density at radius 1 is 0.590 bits per heavy atom. The lowest BCUT2D eigenvalue weighted by molar-refractivity contribution is -0.396. The van der Waals surface area contributed by atoms with Crippen molar-refractivity contribution < 1.29 is 87.4 Å². The number of alkyl halides is 18.